The number of nitrogens with one attached hydrogen (secondary N) is 1. The molecule has 4 rings (SSSR count). The van der Waals surface area contributed by atoms with Crippen LogP contribution < -0.4 is 10.4 Å². The summed E-state index contributed by atoms with van der Waals surface area (Å²) in [4.78, 5) is 12.7. The van der Waals surface area contributed by atoms with E-state index in [0.29, 0.717) is 5.39 Å². The van der Waals surface area contributed by atoms with Gasteiger partial charge in [0.15, 0.2) is 5.75 Å². The standard InChI is InChI=1S/C20H11F3N2O3/c21-20(22,23)13-7-3-1-5-10(13)15-12(9-24)18(25)28-17-11-6-2-4-8-14(11)27-19(26)16(15)17/h1-8,12,15,25H. The van der Waals surface area contributed by atoms with Gasteiger partial charge in [-0.25, -0.2) is 4.79 Å². The Balaban J connectivity index is 2.10. The quantitative estimate of drug-likeness (QED) is 0.628. The fourth-order valence-electron chi connectivity index (χ4n) is 3.50. The second-order valence-electron chi connectivity index (χ2n) is 6.26. The minimum atomic E-state index is -4.70. The van der Waals surface area contributed by atoms with Crippen LogP contribution in [-0.2, 0) is 6.18 Å². The Bertz CT molecular complexity index is 1210. The van der Waals surface area contributed by atoms with E-state index in [1.807, 2.05) is 0 Å². The first-order valence-electron chi connectivity index (χ1n) is 8.20. The van der Waals surface area contributed by atoms with Crippen LogP contribution in [0.2, 0.25) is 0 Å². The number of nitriles is 1. The van der Waals surface area contributed by atoms with Crippen molar-refractivity contribution in [1.82, 2.24) is 0 Å². The summed E-state index contributed by atoms with van der Waals surface area (Å²) >= 11 is 0. The van der Waals surface area contributed by atoms with Gasteiger partial charge in [-0.15, -0.1) is 0 Å². The third kappa shape index (κ3) is 2.63. The molecule has 8 heteroatoms. The highest BCUT2D eigenvalue weighted by molar-refractivity contribution is 5.93. The van der Waals surface area contributed by atoms with Crippen molar-refractivity contribution in [3.63, 3.8) is 0 Å². The zero-order valence-corrected chi connectivity index (χ0v) is 14.1. The van der Waals surface area contributed by atoms with Crippen molar-refractivity contribution in [2.24, 2.45) is 5.92 Å². The molecule has 2 aromatic carbocycles. The van der Waals surface area contributed by atoms with Crippen molar-refractivity contribution in [3.05, 3.63) is 75.6 Å². The molecule has 0 radical (unpaired) electrons. The van der Waals surface area contributed by atoms with Gasteiger partial charge in [-0.2, -0.15) is 18.4 Å². The summed E-state index contributed by atoms with van der Waals surface area (Å²) < 4.78 is 51.5. The van der Waals surface area contributed by atoms with Crippen LogP contribution in [0.25, 0.3) is 11.0 Å². The van der Waals surface area contributed by atoms with Crippen LogP contribution in [0.15, 0.2) is 57.7 Å². The average Bonchev–Trinajstić information content (AvgIpc) is 2.66. The van der Waals surface area contributed by atoms with Crippen LogP contribution in [0.4, 0.5) is 13.2 Å². The lowest BCUT2D eigenvalue weighted by Crippen LogP contribution is -2.35. The van der Waals surface area contributed by atoms with E-state index in [0.717, 1.165) is 6.07 Å². The molecule has 2 heterocycles. The first-order valence-corrected chi connectivity index (χ1v) is 8.20. The highest BCUT2D eigenvalue weighted by atomic mass is 19.4. The molecule has 2 atom stereocenters. The number of fused-ring (bicyclic) bond motifs is 3. The number of nitrogens with zero attached hydrogens (tertiary/aromatic N) is 1. The summed E-state index contributed by atoms with van der Waals surface area (Å²) in [7, 11) is 0. The molecule has 0 saturated carbocycles. The van der Waals surface area contributed by atoms with Crippen LogP contribution in [0.1, 0.15) is 22.6 Å². The van der Waals surface area contributed by atoms with Crippen molar-refractivity contribution in [2.45, 2.75) is 12.1 Å². The molecular weight excluding hydrogens is 373 g/mol. The highest BCUT2D eigenvalue weighted by Crippen LogP contribution is 2.46. The Morgan fingerprint density at radius 2 is 1.75 bits per heavy atom. The summed E-state index contributed by atoms with van der Waals surface area (Å²) in [5.41, 5.74) is -2.18. The number of halogens is 3. The molecule has 28 heavy (non-hydrogen) atoms. The topological polar surface area (TPSA) is 87.1 Å². The Hall–Kier alpha value is -3.60. The molecule has 5 nitrogen and oxygen atoms in total. The average molecular weight is 384 g/mol. The zero-order valence-electron chi connectivity index (χ0n) is 14.1. The largest absolute Gasteiger partial charge is 0.441 e. The van der Waals surface area contributed by atoms with Gasteiger partial charge in [0.1, 0.15) is 11.5 Å². The molecule has 0 amide bonds. The molecule has 0 aliphatic carbocycles. The predicted molar refractivity (Wildman–Crippen MR) is 93.2 cm³/mol. The Morgan fingerprint density at radius 1 is 1.07 bits per heavy atom. The number of alkyl halides is 3. The normalized spacial score (nSPS) is 19.0. The maximum absolute atomic E-state index is 13.6. The molecule has 0 spiro atoms. The van der Waals surface area contributed by atoms with Crippen LogP contribution in [0, 0.1) is 22.7 Å². The van der Waals surface area contributed by atoms with Gasteiger partial charge in [0.25, 0.3) is 0 Å². The molecule has 3 aromatic rings. The van der Waals surface area contributed by atoms with E-state index >= 15 is 0 Å². The van der Waals surface area contributed by atoms with Gasteiger partial charge in [0.2, 0.25) is 5.90 Å². The van der Waals surface area contributed by atoms with Crippen molar-refractivity contribution in [3.8, 4) is 11.8 Å². The fourth-order valence-corrected chi connectivity index (χ4v) is 3.50. The van der Waals surface area contributed by atoms with Crippen LogP contribution in [0.5, 0.6) is 5.75 Å². The predicted octanol–water partition coefficient (Wildman–Crippen LogP) is 4.45. The minimum Gasteiger partial charge on any atom is -0.441 e. The van der Waals surface area contributed by atoms with E-state index in [1.54, 1.807) is 24.3 Å². The third-order valence-corrected chi connectivity index (χ3v) is 4.68. The van der Waals surface area contributed by atoms with Gasteiger partial charge in [-0.1, -0.05) is 30.3 Å². The molecule has 1 aliphatic heterocycles. The second-order valence-corrected chi connectivity index (χ2v) is 6.26. The van der Waals surface area contributed by atoms with Crippen molar-refractivity contribution in [1.29, 1.82) is 10.7 Å². The minimum absolute atomic E-state index is 0.0506. The van der Waals surface area contributed by atoms with E-state index in [-0.39, 0.29) is 22.5 Å². The maximum atomic E-state index is 13.6. The van der Waals surface area contributed by atoms with Gasteiger partial charge in [0.05, 0.1) is 22.6 Å². The molecule has 140 valence electrons. The molecule has 1 N–H and O–H groups in total. The van der Waals surface area contributed by atoms with Crippen LogP contribution >= 0.6 is 0 Å². The molecule has 2 unspecified atom stereocenters. The number of para-hydroxylation sites is 1. The van der Waals surface area contributed by atoms with Crippen molar-refractivity contribution >= 4 is 16.9 Å². The lowest BCUT2D eigenvalue weighted by atomic mass is 9.77. The number of hydrogen-bond donors (Lipinski definition) is 1. The summed E-state index contributed by atoms with van der Waals surface area (Å²) in [5, 5.41) is 17.9. The van der Waals surface area contributed by atoms with E-state index in [4.69, 9.17) is 14.6 Å². The third-order valence-electron chi connectivity index (χ3n) is 4.68. The van der Waals surface area contributed by atoms with E-state index in [2.05, 4.69) is 0 Å². The van der Waals surface area contributed by atoms with Crippen LogP contribution in [-0.4, -0.2) is 5.90 Å². The van der Waals surface area contributed by atoms with E-state index in [9.17, 15) is 23.2 Å². The molecule has 1 aromatic heterocycles. The second kappa shape index (κ2) is 6.23. The molecule has 0 bridgehead atoms. The SMILES string of the molecule is N#CC1C(=N)Oc2c(c(=O)oc3ccccc23)C1c1ccccc1C(F)(F)F. The number of benzene rings is 2. The highest BCUT2D eigenvalue weighted by Gasteiger charge is 2.44. The fraction of sp³-hybridized carbons (Fsp3) is 0.150. The maximum Gasteiger partial charge on any atom is 0.416 e. The van der Waals surface area contributed by atoms with Gasteiger partial charge in [-0.05, 0) is 23.8 Å². The monoisotopic (exact) mass is 384 g/mol. The molecule has 0 saturated heterocycles. The summed E-state index contributed by atoms with van der Waals surface area (Å²) in [6.45, 7) is 0. The Labute approximate surface area is 156 Å². The first kappa shape index (κ1) is 17.8. The molecular formula is C20H11F3N2O3. The number of rotatable bonds is 1. The lowest BCUT2D eigenvalue weighted by molar-refractivity contribution is -0.138. The summed E-state index contributed by atoms with van der Waals surface area (Å²) in [6.07, 6.45) is -4.70. The van der Waals surface area contributed by atoms with E-state index < -0.39 is 35.1 Å². The number of ether oxygens (including phenoxy) is 1. The van der Waals surface area contributed by atoms with Crippen molar-refractivity contribution in [2.75, 3.05) is 0 Å². The lowest BCUT2D eigenvalue weighted by Gasteiger charge is -2.31. The van der Waals surface area contributed by atoms with Gasteiger partial charge >= 0.3 is 11.8 Å². The van der Waals surface area contributed by atoms with Crippen LogP contribution in [0.3, 0.4) is 0 Å². The molecule has 0 fully saturated rings. The first-order chi connectivity index (χ1) is 13.3. The van der Waals surface area contributed by atoms with E-state index in [1.165, 1.54) is 24.3 Å². The number of hydrogen-bond acceptors (Lipinski definition) is 5. The van der Waals surface area contributed by atoms with Gasteiger partial charge in [0, 0.05) is 5.92 Å². The summed E-state index contributed by atoms with van der Waals surface area (Å²) in [5.74, 6) is -3.32. The zero-order chi connectivity index (χ0) is 20.1. The van der Waals surface area contributed by atoms with Gasteiger partial charge in [-0.3, -0.25) is 5.41 Å². The van der Waals surface area contributed by atoms with Crippen molar-refractivity contribution < 1.29 is 22.3 Å². The van der Waals surface area contributed by atoms with Gasteiger partial charge < -0.3 is 9.15 Å². The molecule has 1 aliphatic rings. The smallest absolute Gasteiger partial charge is 0.416 e. The Morgan fingerprint density at radius 3 is 2.46 bits per heavy atom. The summed E-state index contributed by atoms with van der Waals surface area (Å²) in [6, 6.07) is 12.9. The Kier molecular flexibility index (Phi) is 3.96.